The zero-order chi connectivity index (χ0) is 13.2. The summed E-state index contributed by atoms with van der Waals surface area (Å²) in [5, 5.41) is 0. The lowest BCUT2D eigenvalue weighted by Gasteiger charge is -2.36. The molecule has 0 atom stereocenters. The van der Waals surface area contributed by atoms with Gasteiger partial charge in [-0.05, 0) is 31.9 Å². The maximum atomic E-state index is 12.5. The van der Waals surface area contributed by atoms with E-state index in [1.165, 1.54) is 0 Å². The Morgan fingerprint density at radius 3 is 2.33 bits per heavy atom. The molecule has 100 valence electrons. The number of sulfonamides is 1. The lowest BCUT2D eigenvalue weighted by atomic mass is 9.93. The summed E-state index contributed by atoms with van der Waals surface area (Å²) in [4.78, 5) is 0.366. The van der Waals surface area contributed by atoms with E-state index in [1.54, 1.807) is 16.4 Å². The fourth-order valence-corrected chi connectivity index (χ4v) is 4.07. The highest BCUT2D eigenvalue weighted by molar-refractivity contribution is 7.89. The average Bonchev–Trinajstić information content (AvgIpc) is 2.26. The van der Waals surface area contributed by atoms with E-state index in [-0.39, 0.29) is 6.04 Å². The van der Waals surface area contributed by atoms with Gasteiger partial charge in [0.2, 0.25) is 10.0 Å². The zero-order valence-electron chi connectivity index (χ0n) is 10.5. The van der Waals surface area contributed by atoms with E-state index < -0.39 is 10.0 Å². The van der Waals surface area contributed by atoms with E-state index in [0.717, 1.165) is 24.8 Å². The van der Waals surface area contributed by atoms with Gasteiger partial charge in [0.15, 0.2) is 0 Å². The normalized spacial score (nSPS) is 16.8. The number of benzene rings is 1. The average molecular weight is 288 g/mol. The van der Waals surface area contributed by atoms with Crippen LogP contribution in [0.2, 0.25) is 0 Å². The van der Waals surface area contributed by atoms with Gasteiger partial charge in [-0.3, -0.25) is 0 Å². The van der Waals surface area contributed by atoms with Gasteiger partial charge < -0.3 is 0 Å². The smallest absolute Gasteiger partial charge is 0.207 e. The summed E-state index contributed by atoms with van der Waals surface area (Å²) in [6, 6.07) is 7.13. The summed E-state index contributed by atoms with van der Waals surface area (Å²) >= 11 is 5.73. The molecule has 1 fully saturated rings. The minimum absolute atomic E-state index is 0.134. The van der Waals surface area contributed by atoms with Gasteiger partial charge in [0, 0.05) is 18.5 Å². The maximum Gasteiger partial charge on any atom is 0.243 e. The highest BCUT2D eigenvalue weighted by Crippen LogP contribution is 2.29. The molecule has 0 spiro atoms. The summed E-state index contributed by atoms with van der Waals surface area (Å²) in [5.41, 5.74) is 1.06. The molecule has 0 heterocycles. The lowest BCUT2D eigenvalue weighted by molar-refractivity contribution is 0.227. The lowest BCUT2D eigenvalue weighted by Crippen LogP contribution is -2.45. The molecule has 1 saturated carbocycles. The van der Waals surface area contributed by atoms with Gasteiger partial charge in [0.1, 0.15) is 0 Å². The van der Waals surface area contributed by atoms with Gasteiger partial charge in [-0.1, -0.05) is 24.1 Å². The number of aryl methyl sites for hydroxylation is 1. The van der Waals surface area contributed by atoms with Gasteiger partial charge in [0.25, 0.3) is 0 Å². The van der Waals surface area contributed by atoms with Gasteiger partial charge in [-0.15, -0.1) is 11.6 Å². The third-order valence-electron chi connectivity index (χ3n) is 3.41. The monoisotopic (exact) mass is 287 g/mol. The van der Waals surface area contributed by atoms with Crippen molar-refractivity contribution in [1.82, 2.24) is 4.31 Å². The molecule has 5 heteroatoms. The quantitative estimate of drug-likeness (QED) is 0.781. The Balaban J connectivity index is 2.29. The van der Waals surface area contributed by atoms with Crippen LogP contribution < -0.4 is 0 Å². The Morgan fingerprint density at radius 1 is 1.28 bits per heavy atom. The number of alkyl halides is 1. The Kier molecular flexibility index (Phi) is 4.30. The number of halogens is 1. The van der Waals surface area contributed by atoms with Gasteiger partial charge in [-0.25, -0.2) is 8.42 Å². The minimum atomic E-state index is -3.39. The second-order valence-electron chi connectivity index (χ2n) is 4.70. The van der Waals surface area contributed by atoms with Crippen LogP contribution in [0.15, 0.2) is 29.2 Å². The molecule has 1 aliphatic carbocycles. The fourth-order valence-electron chi connectivity index (χ4n) is 2.10. The first-order valence-electron chi connectivity index (χ1n) is 6.20. The van der Waals surface area contributed by atoms with Crippen molar-refractivity contribution < 1.29 is 8.42 Å². The molecule has 2 rings (SSSR count). The summed E-state index contributed by atoms with van der Waals surface area (Å²) < 4.78 is 26.6. The first-order valence-corrected chi connectivity index (χ1v) is 8.17. The van der Waals surface area contributed by atoms with E-state index in [4.69, 9.17) is 11.6 Å². The summed E-state index contributed by atoms with van der Waals surface area (Å²) in [6.07, 6.45) is 3.00. The van der Waals surface area contributed by atoms with Crippen LogP contribution in [-0.2, 0) is 10.0 Å². The molecule has 1 aliphatic rings. The van der Waals surface area contributed by atoms with Crippen LogP contribution in [0.3, 0.4) is 0 Å². The van der Waals surface area contributed by atoms with Crippen LogP contribution in [0.5, 0.6) is 0 Å². The minimum Gasteiger partial charge on any atom is -0.207 e. The molecule has 0 N–H and O–H groups in total. The predicted octanol–water partition coefficient (Wildman–Crippen LogP) is 2.78. The van der Waals surface area contributed by atoms with Crippen molar-refractivity contribution in [2.24, 2.45) is 0 Å². The van der Waals surface area contributed by atoms with Crippen LogP contribution >= 0.6 is 11.6 Å². The molecule has 0 unspecified atom stereocenters. The molecular weight excluding hydrogens is 270 g/mol. The molecule has 0 radical (unpaired) electrons. The van der Waals surface area contributed by atoms with Crippen molar-refractivity contribution in [3.05, 3.63) is 29.8 Å². The second-order valence-corrected chi connectivity index (χ2v) is 6.97. The third-order valence-corrected chi connectivity index (χ3v) is 5.55. The van der Waals surface area contributed by atoms with Crippen molar-refractivity contribution in [2.45, 2.75) is 37.1 Å². The number of hydrogen-bond donors (Lipinski definition) is 0. The Bertz CT molecular complexity index is 494. The van der Waals surface area contributed by atoms with Crippen LogP contribution in [-0.4, -0.2) is 31.2 Å². The number of hydrogen-bond acceptors (Lipinski definition) is 2. The van der Waals surface area contributed by atoms with Gasteiger partial charge in [-0.2, -0.15) is 4.31 Å². The maximum absolute atomic E-state index is 12.5. The molecule has 0 aromatic heterocycles. The molecule has 18 heavy (non-hydrogen) atoms. The fraction of sp³-hybridized carbons (Fsp3) is 0.538. The van der Waals surface area contributed by atoms with Crippen LogP contribution in [0, 0.1) is 6.92 Å². The molecule has 0 amide bonds. The number of nitrogens with zero attached hydrogens (tertiary/aromatic N) is 1. The summed E-state index contributed by atoms with van der Waals surface area (Å²) in [7, 11) is -3.39. The SMILES string of the molecule is Cc1ccc(S(=O)(=O)N(CCCl)C2CCC2)cc1. The zero-order valence-corrected chi connectivity index (χ0v) is 12.0. The first-order chi connectivity index (χ1) is 8.55. The van der Waals surface area contributed by atoms with Crippen LogP contribution in [0.1, 0.15) is 24.8 Å². The van der Waals surface area contributed by atoms with E-state index >= 15 is 0 Å². The molecule has 0 bridgehead atoms. The number of rotatable bonds is 5. The molecular formula is C13H18ClNO2S. The van der Waals surface area contributed by atoms with Crippen molar-refractivity contribution >= 4 is 21.6 Å². The largest absolute Gasteiger partial charge is 0.243 e. The second kappa shape index (κ2) is 5.59. The van der Waals surface area contributed by atoms with Crippen molar-refractivity contribution in [2.75, 3.05) is 12.4 Å². The van der Waals surface area contributed by atoms with Crippen LogP contribution in [0.25, 0.3) is 0 Å². The van der Waals surface area contributed by atoms with E-state index in [9.17, 15) is 8.42 Å². The van der Waals surface area contributed by atoms with Crippen molar-refractivity contribution in [3.8, 4) is 0 Å². The van der Waals surface area contributed by atoms with Crippen LogP contribution in [0.4, 0.5) is 0 Å². The van der Waals surface area contributed by atoms with E-state index in [2.05, 4.69) is 0 Å². The molecule has 3 nitrogen and oxygen atoms in total. The van der Waals surface area contributed by atoms with Gasteiger partial charge >= 0.3 is 0 Å². The topological polar surface area (TPSA) is 37.4 Å². The van der Waals surface area contributed by atoms with E-state index in [0.29, 0.717) is 17.3 Å². The van der Waals surface area contributed by atoms with Crippen molar-refractivity contribution in [3.63, 3.8) is 0 Å². The molecule has 1 aromatic rings. The standard InChI is InChI=1S/C13H18ClNO2S/c1-11-5-7-13(8-6-11)18(16,17)15(10-9-14)12-3-2-4-12/h5-8,12H,2-4,9-10H2,1H3. The molecule has 0 aliphatic heterocycles. The molecule has 0 saturated heterocycles. The Morgan fingerprint density at radius 2 is 1.89 bits per heavy atom. The van der Waals surface area contributed by atoms with Crippen molar-refractivity contribution in [1.29, 1.82) is 0 Å². The Hall–Kier alpha value is -0.580. The first kappa shape index (κ1) is 13.8. The highest BCUT2D eigenvalue weighted by Gasteiger charge is 2.34. The molecule has 1 aromatic carbocycles. The van der Waals surface area contributed by atoms with E-state index in [1.807, 2.05) is 19.1 Å². The summed E-state index contributed by atoms with van der Waals surface area (Å²) in [5.74, 6) is 0.335. The summed E-state index contributed by atoms with van der Waals surface area (Å²) in [6.45, 7) is 2.33. The van der Waals surface area contributed by atoms with Gasteiger partial charge in [0.05, 0.1) is 4.90 Å². The third kappa shape index (κ3) is 2.71. The highest BCUT2D eigenvalue weighted by atomic mass is 35.5. The predicted molar refractivity (Wildman–Crippen MR) is 73.4 cm³/mol. The Labute approximate surface area is 114 Å².